The van der Waals surface area contributed by atoms with E-state index in [1.165, 1.54) is 46.3 Å². The molecule has 194 valence electrons. The molecule has 2 atom stereocenters. The molecule has 1 unspecified atom stereocenters. The van der Waals surface area contributed by atoms with Gasteiger partial charge in [0.1, 0.15) is 22.1 Å². The van der Waals surface area contributed by atoms with E-state index in [2.05, 4.69) is 15.3 Å². The summed E-state index contributed by atoms with van der Waals surface area (Å²) in [6.07, 6.45) is 3.37. The molecule has 5 N–H and O–H groups in total. The second kappa shape index (κ2) is 11.9. The lowest BCUT2D eigenvalue weighted by molar-refractivity contribution is -0.150. The molecule has 4 rings (SSSR count). The number of hydrogen-bond donors (Lipinski definition) is 4. The molecule has 2 amide bonds. The highest BCUT2D eigenvalue weighted by Crippen LogP contribution is 2.41. The predicted molar refractivity (Wildman–Crippen MR) is 146 cm³/mol. The van der Waals surface area contributed by atoms with Gasteiger partial charge in [-0.05, 0) is 23.8 Å². The second-order valence-electron chi connectivity index (χ2n) is 7.68. The number of carboxylic acid groups (broad SMARTS) is 1. The second-order valence-corrected chi connectivity index (χ2v) is 11.7. The van der Waals surface area contributed by atoms with Crippen LogP contribution in [0.25, 0.3) is 0 Å². The zero-order valence-corrected chi connectivity index (χ0v) is 22.7. The van der Waals surface area contributed by atoms with Gasteiger partial charge in [0.05, 0.1) is 10.8 Å². The Morgan fingerprint density at radius 1 is 1.30 bits per heavy atom. The summed E-state index contributed by atoms with van der Waals surface area (Å²) >= 11 is 15.9. The summed E-state index contributed by atoms with van der Waals surface area (Å²) in [7, 11) is 0. The maximum Gasteiger partial charge on any atom is 0.352 e. The molecule has 2 aromatic rings. The SMILES string of the molecule is Nc1nc(SC/C=C/C2=C(C(=O)O)N3C(=O)[C@@H](NC(=O)CSc4cc(Cl)ccc4Cl)C3SC2)cc(=O)[nH]1. The topological polar surface area (TPSA) is 158 Å². The fourth-order valence-corrected chi connectivity index (χ4v) is 6.91. The van der Waals surface area contributed by atoms with Crippen molar-refractivity contribution >= 4 is 82.2 Å². The van der Waals surface area contributed by atoms with Crippen LogP contribution in [0.15, 0.2) is 62.4 Å². The number of H-pyrrole nitrogens is 1. The number of nitrogen functional groups attached to an aromatic ring is 1. The fourth-order valence-electron chi connectivity index (χ4n) is 3.57. The third-order valence-corrected chi connectivity index (χ3v) is 9.05. The Labute approximate surface area is 233 Å². The molecular weight excluding hydrogens is 581 g/mol. The number of hydrogen-bond acceptors (Lipinski definition) is 9. The lowest BCUT2D eigenvalue weighted by atomic mass is 10.0. The van der Waals surface area contributed by atoms with Crippen molar-refractivity contribution in [2.75, 3.05) is 23.0 Å². The number of nitrogens with two attached hydrogens (primary N) is 1. The molecule has 1 aromatic carbocycles. The van der Waals surface area contributed by atoms with Crippen molar-refractivity contribution in [1.29, 1.82) is 0 Å². The summed E-state index contributed by atoms with van der Waals surface area (Å²) in [5, 5.41) is 13.4. The van der Waals surface area contributed by atoms with Crippen LogP contribution in [0, 0.1) is 0 Å². The number of aromatic amines is 1. The summed E-state index contributed by atoms with van der Waals surface area (Å²) in [5.41, 5.74) is 5.52. The number of carbonyl (C=O) groups is 3. The smallest absolute Gasteiger partial charge is 0.352 e. The van der Waals surface area contributed by atoms with Gasteiger partial charge in [-0.1, -0.05) is 35.4 Å². The maximum absolute atomic E-state index is 12.8. The van der Waals surface area contributed by atoms with Gasteiger partial charge in [0.15, 0.2) is 0 Å². The van der Waals surface area contributed by atoms with Crippen molar-refractivity contribution in [1.82, 2.24) is 20.2 Å². The number of nitrogens with zero attached hydrogens (tertiary/aromatic N) is 2. The van der Waals surface area contributed by atoms with E-state index in [9.17, 15) is 24.3 Å². The minimum atomic E-state index is -1.23. The van der Waals surface area contributed by atoms with Crippen LogP contribution in [0.5, 0.6) is 0 Å². The molecule has 2 aliphatic rings. The standard InChI is InChI=1S/C22H19Cl2N5O5S3/c23-11-3-4-12(24)13(6-11)36-9-15(31)26-17-19(32)29-18(21(33)34)10(8-37-20(17)29)2-1-5-35-16-7-14(30)27-22(25)28-16/h1-4,6-7,17,20H,5,8-9H2,(H,26,31)(H,33,34)(H3,25,27,28,30)/b2-1+/t17-,20?/m1/s1. The highest BCUT2D eigenvalue weighted by Gasteiger charge is 2.53. The van der Waals surface area contributed by atoms with Crippen molar-refractivity contribution in [3.05, 3.63) is 68.1 Å². The first-order valence-corrected chi connectivity index (χ1v) is 14.4. The van der Waals surface area contributed by atoms with E-state index in [-0.39, 0.29) is 28.9 Å². The summed E-state index contributed by atoms with van der Waals surface area (Å²) < 4.78 is 0. The number of rotatable bonds is 9. The van der Waals surface area contributed by atoms with Crippen LogP contribution in [-0.4, -0.2) is 66.4 Å². The summed E-state index contributed by atoms with van der Waals surface area (Å²) in [6, 6.07) is 5.42. The van der Waals surface area contributed by atoms with Crippen molar-refractivity contribution in [2.45, 2.75) is 21.3 Å². The van der Waals surface area contributed by atoms with Gasteiger partial charge in [0, 0.05) is 27.5 Å². The molecular formula is C22H19Cl2N5O5S3. The fraction of sp³-hybridized carbons (Fsp3) is 0.227. The number of benzene rings is 1. The van der Waals surface area contributed by atoms with Gasteiger partial charge in [-0.2, -0.15) is 0 Å². The van der Waals surface area contributed by atoms with Crippen molar-refractivity contribution in [3.63, 3.8) is 0 Å². The van der Waals surface area contributed by atoms with E-state index in [1.54, 1.807) is 30.4 Å². The Kier molecular flexibility index (Phi) is 8.80. The highest BCUT2D eigenvalue weighted by molar-refractivity contribution is 8.00. The molecule has 2 aliphatic heterocycles. The number of thioether (sulfide) groups is 3. The van der Waals surface area contributed by atoms with Crippen LogP contribution in [0.2, 0.25) is 10.0 Å². The number of amides is 2. The molecule has 0 bridgehead atoms. The normalized spacial score (nSPS) is 19.1. The first-order chi connectivity index (χ1) is 17.6. The predicted octanol–water partition coefficient (Wildman–Crippen LogP) is 2.84. The number of aromatic nitrogens is 2. The van der Waals surface area contributed by atoms with E-state index in [4.69, 9.17) is 28.9 Å². The van der Waals surface area contributed by atoms with E-state index in [0.717, 1.165) is 0 Å². The van der Waals surface area contributed by atoms with Crippen LogP contribution in [0.1, 0.15) is 0 Å². The Balaban J connectivity index is 1.37. The number of carboxylic acids is 1. The molecule has 3 heterocycles. The van der Waals surface area contributed by atoms with E-state index in [0.29, 0.717) is 37.0 Å². The quantitative estimate of drug-likeness (QED) is 0.192. The van der Waals surface area contributed by atoms with Gasteiger partial charge in [-0.25, -0.2) is 9.78 Å². The van der Waals surface area contributed by atoms with Crippen molar-refractivity contribution in [3.8, 4) is 0 Å². The average Bonchev–Trinajstić information content (AvgIpc) is 2.84. The Morgan fingerprint density at radius 2 is 2.08 bits per heavy atom. The Hall–Kier alpha value is -2.58. The van der Waals surface area contributed by atoms with Crippen LogP contribution >= 0.6 is 58.5 Å². The van der Waals surface area contributed by atoms with Crippen LogP contribution in [0.4, 0.5) is 5.95 Å². The highest BCUT2D eigenvalue weighted by atomic mass is 35.5. The van der Waals surface area contributed by atoms with Crippen molar-refractivity contribution in [2.24, 2.45) is 0 Å². The number of anilines is 1. The molecule has 10 nitrogen and oxygen atoms in total. The van der Waals surface area contributed by atoms with Gasteiger partial charge < -0.3 is 16.2 Å². The summed E-state index contributed by atoms with van der Waals surface area (Å²) in [6.45, 7) is 0. The largest absolute Gasteiger partial charge is 0.477 e. The third kappa shape index (κ3) is 6.47. The molecule has 0 spiro atoms. The molecule has 0 radical (unpaired) electrons. The monoisotopic (exact) mass is 599 g/mol. The van der Waals surface area contributed by atoms with E-state index < -0.39 is 23.3 Å². The third-order valence-electron chi connectivity index (χ3n) is 5.15. The molecule has 37 heavy (non-hydrogen) atoms. The minimum Gasteiger partial charge on any atom is -0.477 e. The molecule has 1 aromatic heterocycles. The molecule has 15 heteroatoms. The first kappa shape index (κ1) is 27.5. The lowest BCUT2D eigenvalue weighted by Gasteiger charge is -2.49. The summed E-state index contributed by atoms with van der Waals surface area (Å²) in [5.74, 6) is -1.33. The van der Waals surface area contributed by atoms with E-state index >= 15 is 0 Å². The number of aliphatic carboxylic acids is 1. The van der Waals surface area contributed by atoms with Gasteiger partial charge in [0.25, 0.3) is 11.5 Å². The van der Waals surface area contributed by atoms with Crippen molar-refractivity contribution < 1.29 is 19.5 Å². The number of carbonyl (C=O) groups excluding carboxylic acids is 2. The molecule has 0 aliphatic carbocycles. The summed E-state index contributed by atoms with van der Waals surface area (Å²) in [4.78, 5) is 57.0. The number of allylic oxidation sites excluding steroid dienone is 1. The van der Waals surface area contributed by atoms with Gasteiger partial charge in [-0.15, -0.1) is 35.3 Å². The van der Waals surface area contributed by atoms with Gasteiger partial charge in [0.2, 0.25) is 11.9 Å². The zero-order valence-electron chi connectivity index (χ0n) is 18.8. The number of fused-ring (bicyclic) bond motifs is 1. The number of halogens is 2. The number of β-lactam (4-membered cyclic amide) rings is 1. The zero-order chi connectivity index (χ0) is 26.7. The van der Waals surface area contributed by atoms with E-state index in [1.807, 2.05) is 0 Å². The average molecular weight is 601 g/mol. The molecule has 1 saturated heterocycles. The first-order valence-electron chi connectivity index (χ1n) is 10.6. The van der Waals surface area contributed by atoms with Crippen LogP contribution in [-0.2, 0) is 14.4 Å². The minimum absolute atomic E-state index is 0.00868. The number of nitrogens with one attached hydrogen (secondary N) is 2. The maximum atomic E-state index is 12.8. The Bertz CT molecular complexity index is 1380. The van der Waals surface area contributed by atoms with Gasteiger partial charge >= 0.3 is 5.97 Å². The molecule has 1 fully saturated rings. The van der Waals surface area contributed by atoms with Crippen LogP contribution < -0.4 is 16.6 Å². The Morgan fingerprint density at radius 3 is 2.81 bits per heavy atom. The van der Waals surface area contributed by atoms with Crippen LogP contribution in [0.3, 0.4) is 0 Å². The lowest BCUT2D eigenvalue weighted by Crippen LogP contribution is -2.70. The molecule has 0 saturated carbocycles. The van der Waals surface area contributed by atoms with Gasteiger partial charge in [-0.3, -0.25) is 24.3 Å².